The number of carboxylic acid groups (broad SMARTS) is 1. The van der Waals surface area contributed by atoms with E-state index in [-0.39, 0.29) is 37.1 Å². The predicted molar refractivity (Wildman–Crippen MR) is 56.3 cm³/mol. The molecule has 1 aliphatic rings. The van der Waals surface area contributed by atoms with Gasteiger partial charge in [0.15, 0.2) is 0 Å². The van der Waals surface area contributed by atoms with Gasteiger partial charge in [0, 0.05) is 19.4 Å². The van der Waals surface area contributed by atoms with E-state index in [1.807, 2.05) is 0 Å². The molecule has 0 spiro atoms. The molecule has 8 nitrogen and oxygen atoms in total. The second-order valence-electron chi connectivity index (χ2n) is 3.30. The van der Waals surface area contributed by atoms with Gasteiger partial charge in [0.1, 0.15) is 12.3 Å². The minimum atomic E-state index is -1.06. The molecule has 1 rings (SSSR count). The summed E-state index contributed by atoms with van der Waals surface area (Å²) >= 11 is 0. The first-order chi connectivity index (χ1) is 8.09. The van der Waals surface area contributed by atoms with Crippen LogP contribution in [0.2, 0.25) is 0 Å². The summed E-state index contributed by atoms with van der Waals surface area (Å²) in [6.45, 7) is -0.0936. The van der Waals surface area contributed by atoms with Crippen LogP contribution in [0.1, 0.15) is 12.8 Å². The number of carboxylic acids is 1. The predicted octanol–water partition coefficient (Wildman–Crippen LogP) is -1.53. The van der Waals surface area contributed by atoms with E-state index < -0.39 is 12.6 Å². The Bertz CT molecular complexity index is 353. The number of hydrazone groups is 1. The standard InChI is InChI=1S/C9H13N3O5/c13-7-2-1-6(11-12-7)9(16)10-3-4-17-5-8(14)15/h1-5H2,(H,10,16)(H,12,13)(H,14,15). The third kappa shape index (κ3) is 5.07. The molecular formula is C9H13N3O5. The maximum Gasteiger partial charge on any atom is 0.329 e. The normalized spacial score (nSPS) is 14.8. The molecule has 0 saturated carbocycles. The highest BCUT2D eigenvalue weighted by molar-refractivity contribution is 6.39. The van der Waals surface area contributed by atoms with Gasteiger partial charge in [-0.1, -0.05) is 0 Å². The summed E-state index contributed by atoms with van der Waals surface area (Å²) in [6, 6.07) is 0. The second kappa shape index (κ2) is 6.59. The van der Waals surface area contributed by atoms with E-state index in [0.717, 1.165) is 0 Å². The Labute approximate surface area is 97.0 Å². The number of ether oxygens (including phenoxy) is 1. The largest absolute Gasteiger partial charge is 0.480 e. The SMILES string of the molecule is O=C(O)COCCNC(=O)C1=NNC(=O)CC1. The van der Waals surface area contributed by atoms with Gasteiger partial charge in [-0.25, -0.2) is 10.2 Å². The molecule has 8 heteroatoms. The zero-order valence-electron chi connectivity index (χ0n) is 9.06. The lowest BCUT2D eigenvalue weighted by atomic mass is 10.1. The van der Waals surface area contributed by atoms with Crippen molar-refractivity contribution >= 4 is 23.5 Å². The summed E-state index contributed by atoms with van der Waals surface area (Å²) < 4.78 is 4.73. The highest BCUT2D eigenvalue weighted by atomic mass is 16.5. The van der Waals surface area contributed by atoms with Crippen molar-refractivity contribution < 1.29 is 24.2 Å². The summed E-state index contributed by atoms with van der Waals surface area (Å²) in [6.07, 6.45) is 0.537. The third-order valence-electron chi connectivity index (χ3n) is 1.92. The topological polar surface area (TPSA) is 117 Å². The zero-order chi connectivity index (χ0) is 12.7. The Balaban J connectivity index is 2.17. The van der Waals surface area contributed by atoms with Crippen LogP contribution in [0.3, 0.4) is 0 Å². The number of hydrogen-bond donors (Lipinski definition) is 3. The minimum Gasteiger partial charge on any atom is -0.480 e. The van der Waals surface area contributed by atoms with Crippen LogP contribution in [0.25, 0.3) is 0 Å². The molecule has 0 aromatic heterocycles. The lowest BCUT2D eigenvalue weighted by molar-refractivity contribution is -0.142. The molecule has 94 valence electrons. The van der Waals surface area contributed by atoms with Crippen molar-refractivity contribution in [3.05, 3.63) is 0 Å². The number of hydrogen-bond acceptors (Lipinski definition) is 5. The molecule has 1 aliphatic heterocycles. The molecular weight excluding hydrogens is 230 g/mol. The minimum absolute atomic E-state index is 0.109. The maximum absolute atomic E-state index is 11.4. The van der Waals surface area contributed by atoms with Crippen LogP contribution in [-0.4, -0.2) is 48.4 Å². The first-order valence-corrected chi connectivity index (χ1v) is 5.02. The van der Waals surface area contributed by atoms with Crippen LogP contribution in [-0.2, 0) is 19.1 Å². The molecule has 1 heterocycles. The van der Waals surface area contributed by atoms with Gasteiger partial charge in [0.2, 0.25) is 5.91 Å². The van der Waals surface area contributed by atoms with Crippen LogP contribution in [0.15, 0.2) is 5.10 Å². The highest BCUT2D eigenvalue weighted by Crippen LogP contribution is 1.99. The van der Waals surface area contributed by atoms with Gasteiger partial charge in [-0.3, -0.25) is 9.59 Å². The molecule has 17 heavy (non-hydrogen) atoms. The average Bonchev–Trinajstić information content (AvgIpc) is 2.29. The molecule has 0 aromatic rings. The average molecular weight is 243 g/mol. The molecule has 0 fully saturated rings. The molecule has 0 aromatic carbocycles. The van der Waals surface area contributed by atoms with Gasteiger partial charge in [0.05, 0.1) is 6.61 Å². The molecule has 3 N–H and O–H groups in total. The van der Waals surface area contributed by atoms with Crippen molar-refractivity contribution in [3.63, 3.8) is 0 Å². The number of carbonyl (C=O) groups is 3. The van der Waals surface area contributed by atoms with E-state index in [4.69, 9.17) is 9.84 Å². The summed E-state index contributed by atoms with van der Waals surface area (Å²) in [4.78, 5) is 32.3. The highest BCUT2D eigenvalue weighted by Gasteiger charge is 2.17. The van der Waals surface area contributed by atoms with E-state index in [2.05, 4.69) is 15.8 Å². The molecule has 2 amide bonds. The Morgan fingerprint density at radius 3 is 2.82 bits per heavy atom. The monoisotopic (exact) mass is 243 g/mol. The van der Waals surface area contributed by atoms with E-state index in [0.29, 0.717) is 6.42 Å². The first kappa shape index (κ1) is 13.1. The van der Waals surface area contributed by atoms with Gasteiger partial charge in [0.25, 0.3) is 5.91 Å². The van der Waals surface area contributed by atoms with Crippen molar-refractivity contribution in [1.82, 2.24) is 10.7 Å². The van der Waals surface area contributed by atoms with Crippen LogP contribution in [0, 0.1) is 0 Å². The van der Waals surface area contributed by atoms with Crippen LogP contribution >= 0.6 is 0 Å². The second-order valence-corrected chi connectivity index (χ2v) is 3.30. The van der Waals surface area contributed by atoms with Crippen LogP contribution in [0.5, 0.6) is 0 Å². The fraction of sp³-hybridized carbons (Fsp3) is 0.556. The summed E-state index contributed by atoms with van der Waals surface area (Å²) in [5.74, 6) is -1.66. The van der Waals surface area contributed by atoms with E-state index in [1.54, 1.807) is 0 Å². The van der Waals surface area contributed by atoms with Crippen molar-refractivity contribution in [2.24, 2.45) is 5.10 Å². The number of nitrogens with zero attached hydrogens (tertiary/aromatic N) is 1. The lowest BCUT2D eigenvalue weighted by Gasteiger charge is -2.11. The quantitative estimate of drug-likeness (QED) is 0.489. The Hall–Kier alpha value is -1.96. The fourth-order valence-electron chi connectivity index (χ4n) is 1.14. The molecule has 0 radical (unpaired) electrons. The van der Waals surface area contributed by atoms with Gasteiger partial charge in [-0.15, -0.1) is 0 Å². The van der Waals surface area contributed by atoms with Crippen LogP contribution < -0.4 is 10.7 Å². The van der Waals surface area contributed by atoms with Crippen molar-refractivity contribution in [3.8, 4) is 0 Å². The number of carbonyl (C=O) groups excluding carboxylic acids is 2. The molecule has 0 saturated heterocycles. The Morgan fingerprint density at radius 2 is 2.24 bits per heavy atom. The first-order valence-electron chi connectivity index (χ1n) is 5.02. The number of rotatable bonds is 6. The number of amides is 2. The molecule has 0 unspecified atom stereocenters. The van der Waals surface area contributed by atoms with Crippen LogP contribution in [0.4, 0.5) is 0 Å². The third-order valence-corrected chi connectivity index (χ3v) is 1.92. The number of aliphatic carboxylic acids is 1. The van der Waals surface area contributed by atoms with Gasteiger partial charge in [-0.05, 0) is 0 Å². The smallest absolute Gasteiger partial charge is 0.329 e. The summed E-state index contributed by atoms with van der Waals surface area (Å²) in [7, 11) is 0. The Morgan fingerprint density at radius 1 is 1.47 bits per heavy atom. The summed E-state index contributed by atoms with van der Waals surface area (Å²) in [5, 5.41) is 14.4. The fourth-order valence-corrected chi connectivity index (χ4v) is 1.14. The number of nitrogens with one attached hydrogen (secondary N) is 2. The summed E-state index contributed by atoms with van der Waals surface area (Å²) in [5.41, 5.74) is 2.46. The van der Waals surface area contributed by atoms with Crippen molar-refractivity contribution in [2.75, 3.05) is 19.8 Å². The van der Waals surface area contributed by atoms with E-state index >= 15 is 0 Å². The van der Waals surface area contributed by atoms with E-state index in [1.165, 1.54) is 0 Å². The van der Waals surface area contributed by atoms with Gasteiger partial charge >= 0.3 is 5.97 Å². The van der Waals surface area contributed by atoms with Crippen molar-refractivity contribution in [1.29, 1.82) is 0 Å². The van der Waals surface area contributed by atoms with Gasteiger partial charge in [-0.2, -0.15) is 5.10 Å². The Kier molecular flexibility index (Phi) is 5.08. The van der Waals surface area contributed by atoms with Crippen molar-refractivity contribution in [2.45, 2.75) is 12.8 Å². The maximum atomic E-state index is 11.4. The van der Waals surface area contributed by atoms with Gasteiger partial charge < -0.3 is 15.2 Å². The zero-order valence-corrected chi connectivity index (χ0v) is 9.06. The molecule has 0 atom stereocenters. The van der Waals surface area contributed by atoms with E-state index in [9.17, 15) is 14.4 Å². The molecule has 0 bridgehead atoms. The molecule has 0 aliphatic carbocycles. The lowest BCUT2D eigenvalue weighted by Crippen LogP contribution is -2.38.